The van der Waals surface area contributed by atoms with Gasteiger partial charge in [-0.1, -0.05) is 18.0 Å². The van der Waals surface area contributed by atoms with E-state index in [0.717, 1.165) is 25.7 Å². The Labute approximate surface area is 153 Å². The second-order valence-electron chi connectivity index (χ2n) is 6.45. The molecular formula is C18H23N3O4S. The van der Waals surface area contributed by atoms with Crippen LogP contribution in [0, 0.1) is 6.92 Å². The average molecular weight is 377 g/mol. The van der Waals surface area contributed by atoms with Gasteiger partial charge in [0.05, 0.1) is 11.4 Å². The Morgan fingerprint density at radius 1 is 1.15 bits per heavy atom. The van der Waals surface area contributed by atoms with Crippen LogP contribution in [0.4, 0.5) is 0 Å². The second kappa shape index (κ2) is 8.01. The lowest BCUT2D eigenvalue weighted by molar-refractivity contribution is 0.0950. The third-order valence-electron chi connectivity index (χ3n) is 4.43. The van der Waals surface area contributed by atoms with Gasteiger partial charge >= 0.3 is 0 Å². The molecule has 0 atom stereocenters. The van der Waals surface area contributed by atoms with Gasteiger partial charge in [-0.05, 0) is 44.0 Å². The number of carbonyl (C=O) groups is 1. The molecule has 1 N–H and O–H groups in total. The van der Waals surface area contributed by atoms with Crippen molar-refractivity contribution < 1.29 is 17.7 Å². The third kappa shape index (κ3) is 4.31. The molecule has 7 nitrogen and oxygen atoms in total. The van der Waals surface area contributed by atoms with E-state index in [1.807, 2.05) is 0 Å². The summed E-state index contributed by atoms with van der Waals surface area (Å²) in [5, 5.41) is 6.55. The van der Waals surface area contributed by atoms with E-state index in [-0.39, 0.29) is 17.3 Å². The number of aromatic nitrogens is 1. The largest absolute Gasteiger partial charge is 0.361 e. The number of nitrogens with zero attached hydrogens (tertiary/aromatic N) is 2. The molecule has 0 aliphatic carbocycles. The molecule has 1 aromatic heterocycles. The van der Waals surface area contributed by atoms with Gasteiger partial charge in [0.15, 0.2) is 0 Å². The van der Waals surface area contributed by atoms with Crippen LogP contribution in [0.5, 0.6) is 0 Å². The van der Waals surface area contributed by atoms with E-state index < -0.39 is 10.0 Å². The highest BCUT2D eigenvalue weighted by Gasteiger charge is 2.25. The number of sulfonamides is 1. The van der Waals surface area contributed by atoms with Crippen molar-refractivity contribution in [2.75, 3.05) is 13.1 Å². The molecule has 1 aliphatic heterocycles. The lowest BCUT2D eigenvalue weighted by Gasteiger charge is -2.20. The van der Waals surface area contributed by atoms with Crippen molar-refractivity contribution in [1.29, 1.82) is 0 Å². The highest BCUT2D eigenvalue weighted by molar-refractivity contribution is 7.89. The quantitative estimate of drug-likeness (QED) is 0.864. The van der Waals surface area contributed by atoms with E-state index in [4.69, 9.17) is 4.52 Å². The van der Waals surface area contributed by atoms with Crippen molar-refractivity contribution in [3.63, 3.8) is 0 Å². The molecule has 1 aromatic carbocycles. The Morgan fingerprint density at radius 3 is 2.38 bits per heavy atom. The molecular weight excluding hydrogens is 354 g/mol. The normalized spacial score (nSPS) is 16.2. The Hall–Kier alpha value is -2.19. The Kier molecular flexibility index (Phi) is 5.73. The van der Waals surface area contributed by atoms with Crippen LogP contribution < -0.4 is 5.32 Å². The number of amides is 1. The SMILES string of the molecule is Cc1cc(CNC(=O)c2ccc(S(=O)(=O)N3CCCCCC3)cc2)no1. The first-order chi connectivity index (χ1) is 12.5. The van der Waals surface area contributed by atoms with Crippen LogP contribution in [-0.4, -0.2) is 36.9 Å². The summed E-state index contributed by atoms with van der Waals surface area (Å²) < 4.78 is 32.0. The first kappa shape index (κ1) is 18.6. The van der Waals surface area contributed by atoms with E-state index in [9.17, 15) is 13.2 Å². The molecule has 1 fully saturated rings. The zero-order valence-electron chi connectivity index (χ0n) is 14.8. The summed E-state index contributed by atoms with van der Waals surface area (Å²) in [6.07, 6.45) is 3.91. The summed E-state index contributed by atoms with van der Waals surface area (Å²) in [4.78, 5) is 12.4. The number of rotatable bonds is 5. The lowest BCUT2D eigenvalue weighted by Crippen LogP contribution is -2.32. The first-order valence-corrected chi connectivity index (χ1v) is 10.2. The van der Waals surface area contributed by atoms with E-state index >= 15 is 0 Å². The number of hydrogen-bond donors (Lipinski definition) is 1. The molecule has 0 bridgehead atoms. The fourth-order valence-corrected chi connectivity index (χ4v) is 4.50. The predicted molar refractivity (Wildman–Crippen MR) is 96.1 cm³/mol. The van der Waals surface area contributed by atoms with Crippen molar-refractivity contribution in [1.82, 2.24) is 14.8 Å². The molecule has 0 saturated carbocycles. The van der Waals surface area contributed by atoms with Crippen molar-refractivity contribution in [3.8, 4) is 0 Å². The van der Waals surface area contributed by atoms with Crippen LogP contribution in [0.15, 0.2) is 39.8 Å². The Morgan fingerprint density at radius 2 is 1.81 bits per heavy atom. The summed E-state index contributed by atoms with van der Waals surface area (Å²) in [5.74, 6) is 0.390. The summed E-state index contributed by atoms with van der Waals surface area (Å²) in [5.41, 5.74) is 1.04. The maximum atomic E-state index is 12.7. The van der Waals surface area contributed by atoms with Crippen LogP contribution in [0.1, 0.15) is 47.5 Å². The fraction of sp³-hybridized carbons (Fsp3) is 0.444. The number of hydrogen-bond acceptors (Lipinski definition) is 5. The molecule has 3 rings (SSSR count). The van der Waals surface area contributed by atoms with Gasteiger partial charge < -0.3 is 9.84 Å². The minimum Gasteiger partial charge on any atom is -0.361 e. The first-order valence-electron chi connectivity index (χ1n) is 8.77. The summed E-state index contributed by atoms with van der Waals surface area (Å²) in [7, 11) is -3.50. The Bertz CT molecular complexity index is 851. The van der Waals surface area contributed by atoms with Crippen molar-refractivity contribution in [3.05, 3.63) is 47.3 Å². The average Bonchev–Trinajstić information content (AvgIpc) is 2.87. The molecule has 26 heavy (non-hydrogen) atoms. The van der Waals surface area contributed by atoms with Gasteiger partial charge in [-0.2, -0.15) is 4.31 Å². The van der Waals surface area contributed by atoms with Crippen molar-refractivity contribution >= 4 is 15.9 Å². The fourth-order valence-electron chi connectivity index (χ4n) is 2.98. The number of benzene rings is 1. The van der Waals surface area contributed by atoms with Gasteiger partial charge in [0.1, 0.15) is 11.5 Å². The molecule has 0 radical (unpaired) electrons. The third-order valence-corrected chi connectivity index (χ3v) is 6.34. The molecule has 1 amide bonds. The van der Waals surface area contributed by atoms with E-state index in [1.165, 1.54) is 24.3 Å². The van der Waals surface area contributed by atoms with Gasteiger partial charge in [-0.3, -0.25) is 4.79 Å². The molecule has 0 spiro atoms. The highest BCUT2D eigenvalue weighted by Crippen LogP contribution is 2.20. The summed E-state index contributed by atoms with van der Waals surface area (Å²) in [6.45, 7) is 3.15. The second-order valence-corrected chi connectivity index (χ2v) is 8.39. The van der Waals surface area contributed by atoms with E-state index in [0.29, 0.717) is 30.1 Å². The van der Waals surface area contributed by atoms with Crippen molar-refractivity contribution in [2.45, 2.75) is 44.0 Å². The number of nitrogens with one attached hydrogen (secondary N) is 1. The molecule has 2 heterocycles. The molecule has 2 aromatic rings. The Balaban J connectivity index is 1.66. The molecule has 8 heteroatoms. The minimum atomic E-state index is -3.50. The van der Waals surface area contributed by atoms with Gasteiger partial charge in [-0.15, -0.1) is 0 Å². The molecule has 0 unspecified atom stereocenters. The maximum absolute atomic E-state index is 12.7. The molecule has 1 saturated heterocycles. The topological polar surface area (TPSA) is 92.5 Å². The summed E-state index contributed by atoms with van der Waals surface area (Å²) in [6, 6.07) is 7.81. The smallest absolute Gasteiger partial charge is 0.251 e. The predicted octanol–water partition coefficient (Wildman–Crippen LogP) is 2.48. The maximum Gasteiger partial charge on any atom is 0.251 e. The van der Waals surface area contributed by atoms with Gasteiger partial charge in [0.2, 0.25) is 10.0 Å². The number of carbonyl (C=O) groups excluding carboxylic acids is 1. The van der Waals surface area contributed by atoms with Crippen LogP contribution in [0.25, 0.3) is 0 Å². The number of aryl methyl sites for hydroxylation is 1. The van der Waals surface area contributed by atoms with Gasteiger partial charge in [0.25, 0.3) is 5.91 Å². The zero-order valence-corrected chi connectivity index (χ0v) is 15.6. The van der Waals surface area contributed by atoms with E-state index in [2.05, 4.69) is 10.5 Å². The summed E-state index contributed by atoms with van der Waals surface area (Å²) >= 11 is 0. The monoisotopic (exact) mass is 377 g/mol. The highest BCUT2D eigenvalue weighted by atomic mass is 32.2. The van der Waals surface area contributed by atoms with E-state index in [1.54, 1.807) is 17.3 Å². The molecule has 140 valence electrons. The van der Waals surface area contributed by atoms with Crippen LogP contribution >= 0.6 is 0 Å². The van der Waals surface area contributed by atoms with Crippen LogP contribution in [-0.2, 0) is 16.6 Å². The van der Waals surface area contributed by atoms with Crippen LogP contribution in [0.2, 0.25) is 0 Å². The minimum absolute atomic E-state index is 0.225. The lowest BCUT2D eigenvalue weighted by atomic mass is 10.2. The standard InChI is InChI=1S/C18H23N3O4S/c1-14-12-16(20-25-14)13-19-18(22)15-6-8-17(9-7-15)26(23,24)21-10-4-2-3-5-11-21/h6-9,12H,2-5,10-11,13H2,1H3,(H,19,22). The van der Waals surface area contributed by atoms with Gasteiger partial charge in [0, 0.05) is 24.7 Å². The van der Waals surface area contributed by atoms with Crippen molar-refractivity contribution in [2.24, 2.45) is 0 Å². The molecule has 1 aliphatic rings. The zero-order chi connectivity index (χ0) is 18.6. The van der Waals surface area contributed by atoms with Crippen LogP contribution in [0.3, 0.4) is 0 Å². The van der Waals surface area contributed by atoms with Gasteiger partial charge in [-0.25, -0.2) is 8.42 Å².